The Bertz CT molecular complexity index is 312. The Kier molecular flexibility index (Phi) is 7.38. The van der Waals surface area contributed by atoms with Gasteiger partial charge in [-0.05, 0) is 32.5 Å². The van der Waals surface area contributed by atoms with Crippen LogP contribution in [0.1, 0.15) is 38.2 Å². The Hall–Kier alpha value is -0.470. The van der Waals surface area contributed by atoms with E-state index in [2.05, 4.69) is 50.5 Å². The van der Waals surface area contributed by atoms with Crippen LogP contribution in [0.5, 0.6) is 0 Å². The number of thioether (sulfide) groups is 1. The molecular weight excluding hydrogens is 226 g/mol. The van der Waals surface area contributed by atoms with Gasteiger partial charge in [0.25, 0.3) is 0 Å². The number of rotatable bonds is 8. The number of hydrogen-bond donors (Lipinski definition) is 1. The molecule has 17 heavy (non-hydrogen) atoms. The summed E-state index contributed by atoms with van der Waals surface area (Å²) >= 11 is 1.96. The number of benzene rings is 1. The first-order chi connectivity index (χ1) is 8.26. The largest absolute Gasteiger partial charge is 0.316 e. The topological polar surface area (TPSA) is 12.0 Å². The van der Waals surface area contributed by atoms with E-state index in [9.17, 15) is 0 Å². The Labute approximate surface area is 110 Å². The number of aryl methyl sites for hydroxylation is 1. The third-order valence-electron chi connectivity index (χ3n) is 3.01. The highest BCUT2D eigenvalue weighted by Crippen LogP contribution is 2.21. The minimum Gasteiger partial charge on any atom is -0.316 e. The van der Waals surface area contributed by atoms with Crippen LogP contribution in [0.2, 0.25) is 0 Å². The smallest absolute Gasteiger partial charge is 0.0158 e. The lowest BCUT2D eigenvalue weighted by Gasteiger charge is -2.15. The highest BCUT2D eigenvalue weighted by atomic mass is 32.2. The second-order valence-electron chi connectivity index (χ2n) is 4.61. The van der Waals surface area contributed by atoms with Crippen LogP contribution in [0.25, 0.3) is 0 Å². The zero-order valence-corrected chi connectivity index (χ0v) is 12.1. The van der Waals surface area contributed by atoms with E-state index < -0.39 is 0 Å². The van der Waals surface area contributed by atoms with E-state index in [4.69, 9.17) is 0 Å². The van der Waals surface area contributed by atoms with Gasteiger partial charge in [0.2, 0.25) is 0 Å². The van der Waals surface area contributed by atoms with Crippen LogP contribution in [-0.4, -0.2) is 18.8 Å². The van der Waals surface area contributed by atoms with Crippen molar-refractivity contribution in [2.24, 2.45) is 0 Å². The Morgan fingerprint density at radius 1 is 1.29 bits per heavy atom. The molecule has 96 valence electrons. The molecule has 0 saturated heterocycles. The fraction of sp³-hybridized carbons (Fsp3) is 0.600. The highest BCUT2D eigenvalue weighted by Gasteiger charge is 2.06. The maximum absolute atomic E-state index is 3.42. The van der Waals surface area contributed by atoms with Crippen molar-refractivity contribution in [3.05, 3.63) is 29.8 Å². The first-order valence-electron chi connectivity index (χ1n) is 6.63. The van der Waals surface area contributed by atoms with E-state index in [0.29, 0.717) is 6.04 Å². The monoisotopic (exact) mass is 251 g/mol. The molecule has 0 aliphatic heterocycles. The molecule has 1 N–H and O–H groups in total. The van der Waals surface area contributed by atoms with Gasteiger partial charge in [0.05, 0.1) is 0 Å². The minimum atomic E-state index is 0.645. The van der Waals surface area contributed by atoms with Crippen LogP contribution in [0, 0.1) is 6.92 Å². The molecule has 0 aromatic heterocycles. The van der Waals surface area contributed by atoms with Gasteiger partial charge in [0, 0.05) is 16.7 Å². The first-order valence-corrected chi connectivity index (χ1v) is 7.61. The van der Waals surface area contributed by atoms with Crippen molar-refractivity contribution >= 4 is 11.8 Å². The molecule has 1 atom stereocenters. The van der Waals surface area contributed by atoms with Gasteiger partial charge in [0.15, 0.2) is 0 Å². The molecule has 0 amide bonds. The van der Waals surface area contributed by atoms with Crippen molar-refractivity contribution in [1.82, 2.24) is 5.32 Å². The Balaban J connectivity index is 2.31. The van der Waals surface area contributed by atoms with Crippen molar-refractivity contribution in [3.8, 4) is 0 Å². The molecule has 0 fully saturated rings. The van der Waals surface area contributed by atoms with Crippen LogP contribution in [0.3, 0.4) is 0 Å². The quantitative estimate of drug-likeness (QED) is 0.547. The molecule has 1 rings (SSSR count). The number of unbranched alkanes of at least 4 members (excludes halogenated alkanes) is 2. The van der Waals surface area contributed by atoms with Gasteiger partial charge in [-0.2, -0.15) is 0 Å². The SMILES string of the molecule is CCCCCC(CSc1cccc(C)c1)NC. The molecule has 0 saturated carbocycles. The van der Waals surface area contributed by atoms with Crippen LogP contribution in [-0.2, 0) is 0 Å². The summed E-state index contributed by atoms with van der Waals surface area (Å²) in [6, 6.07) is 9.41. The predicted octanol–water partition coefficient (Wildman–Crippen LogP) is 4.26. The third kappa shape index (κ3) is 6.13. The van der Waals surface area contributed by atoms with Crippen LogP contribution < -0.4 is 5.32 Å². The Morgan fingerprint density at radius 2 is 2.12 bits per heavy atom. The van der Waals surface area contributed by atoms with Gasteiger partial charge in [0.1, 0.15) is 0 Å². The fourth-order valence-electron chi connectivity index (χ4n) is 1.85. The van der Waals surface area contributed by atoms with E-state index >= 15 is 0 Å². The summed E-state index contributed by atoms with van der Waals surface area (Å²) in [6.45, 7) is 4.41. The van der Waals surface area contributed by atoms with E-state index in [1.807, 2.05) is 11.8 Å². The zero-order valence-electron chi connectivity index (χ0n) is 11.3. The van der Waals surface area contributed by atoms with Crippen LogP contribution >= 0.6 is 11.8 Å². The van der Waals surface area contributed by atoms with Gasteiger partial charge in [-0.25, -0.2) is 0 Å². The molecule has 0 aliphatic carbocycles. The lowest BCUT2D eigenvalue weighted by molar-refractivity contribution is 0.531. The average Bonchev–Trinajstić information content (AvgIpc) is 2.34. The second-order valence-corrected chi connectivity index (χ2v) is 5.70. The molecule has 1 aromatic rings. The lowest BCUT2D eigenvalue weighted by atomic mass is 10.1. The summed E-state index contributed by atoms with van der Waals surface area (Å²) in [5.74, 6) is 1.17. The van der Waals surface area contributed by atoms with Crippen LogP contribution in [0.15, 0.2) is 29.2 Å². The number of nitrogens with one attached hydrogen (secondary N) is 1. The summed E-state index contributed by atoms with van der Waals surface area (Å²) in [4.78, 5) is 1.39. The van der Waals surface area contributed by atoms with Crippen molar-refractivity contribution in [3.63, 3.8) is 0 Å². The summed E-state index contributed by atoms with van der Waals surface area (Å²) in [7, 11) is 2.08. The molecule has 0 radical (unpaired) electrons. The molecule has 1 aromatic carbocycles. The molecule has 0 aliphatic rings. The van der Waals surface area contributed by atoms with E-state index in [1.165, 1.54) is 41.9 Å². The summed E-state index contributed by atoms with van der Waals surface area (Å²) in [6.07, 6.45) is 5.30. The Morgan fingerprint density at radius 3 is 2.76 bits per heavy atom. The van der Waals surface area contributed by atoms with Crippen LogP contribution in [0.4, 0.5) is 0 Å². The van der Waals surface area contributed by atoms with Gasteiger partial charge in [-0.15, -0.1) is 11.8 Å². The fourth-order valence-corrected chi connectivity index (χ4v) is 3.02. The molecule has 1 nitrogen and oxygen atoms in total. The summed E-state index contributed by atoms with van der Waals surface area (Å²) in [5, 5.41) is 3.42. The summed E-state index contributed by atoms with van der Waals surface area (Å²) < 4.78 is 0. The molecule has 1 unspecified atom stereocenters. The molecular formula is C15H25NS. The van der Waals surface area contributed by atoms with E-state index in [-0.39, 0.29) is 0 Å². The zero-order chi connectivity index (χ0) is 12.5. The van der Waals surface area contributed by atoms with E-state index in [1.54, 1.807) is 0 Å². The highest BCUT2D eigenvalue weighted by molar-refractivity contribution is 7.99. The van der Waals surface area contributed by atoms with Gasteiger partial charge < -0.3 is 5.32 Å². The summed E-state index contributed by atoms with van der Waals surface area (Å²) in [5.41, 5.74) is 1.35. The standard InChI is InChI=1S/C15H25NS/c1-4-5-6-9-14(16-3)12-17-15-10-7-8-13(2)11-15/h7-8,10-11,14,16H,4-6,9,12H2,1-3H3. The second kappa shape index (κ2) is 8.60. The molecule has 0 spiro atoms. The maximum atomic E-state index is 3.42. The predicted molar refractivity (Wildman–Crippen MR) is 78.9 cm³/mol. The van der Waals surface area contributed by atoms with Crippen molar-refractivity contribution in [1.29, 1.82) is 0 Å². The molecule has 0 heterocycles. The number of hydrogen-bond acceptors (Lipinski definition) is 2. The first kappa shape index (κ1) is 14.6. The van der Waals surface area contributed by atoms with Crippen molar-refractivity contribution < 1.29 is 0 Å². The van der Waals surface area contributed by atoms with E-state index in [0.717, 1.165) is 0 Å². The molecule has 2 heteroatoms. The van der Waals surface area contributed by atoms with Gasteiger partial charge >= 0.3 is 0 Å². The average molecular weight is 251 g/mol. The minimum absolute atomic E-state index is 0.645. The van der Waals surface area contributed by atoms with Crippen molar-refractivity contribution in [2.45, 2.75) is 50.5 Å². The van der Waals surface area contributed by atoms with Gasteiger partial charge in [-0.3, -0.25) is 0 Å². The van der Waals surface area contributed by atoms with Crippen molar-refractivity contribution in [2.75, 3.05) is 12.8 Å². The maximum Gasteiger partial charge on any atom is 0.0158 e. The van der Waals surface area contributed by atoms with Gasteiger partial charge in [-0.1, -0.05) is 43.9 Å². The normalized spacial score (nSPS) is 12.6. The lowest BCUT2D eigenvalue weighted by Crippen LogP contribution is -2.27. The third-order valence-corrected chi connectivity index (χ3v) is 4.16. The molecule has 0 bridgehead atoms.